The average molecular weight is 310 g/mol. The van der Waals surface area contributed by atoms with Crippen molar-refractivity contribution in [2.45, 2.75) is 32.9 Å². The smallest absolute Gasteiger partial charge is 0.138 e. The van der Waals surface area contributed by atoms with Crippen LogP contribution in [0.2, 0.25) is 0 Å². The van der Waals surface area contributed by atoms with Crippen LogP contribution in [0.3, 0.4) is 0 Å². The number of rotatable bonds is 4. The van der Waals surface area contributed by atoms with Crippen LogP contribution in [0.4, 0.5) is 0 Å². The van der Waals surface area contributed by atoms with Crippen LogP contribution in [0, 0.1) is 6.92 Å². The van der Waals surface area contributed by atoms with Gasteiger partial charge in [-0.1, -0.05) is 28.1 Å². The molecular weight excluding hydrogens is 294 g/mol. The molecule has 0 saturated carbocycles. The maximum atomic E-state index is 10.2. The Morgan fingerprint density at radius 1 is 1.44 bits per heavy atom. The van der Waals surface area contributed by atoms with Gasteiger partial charge in [-0.15, -0.1) is 0 Å². The standard InChI is InChI=1S/C13H16BrN3O/c1-3-17-13(15-8-16-17)7-12(18)10-4-5-11(14)9(2)6-10/h4-6,8,12,18H,3,7H2,1-2H3. The van der Waals surface area contributed by atoms with Crippen LogP contribution in [0.1, 0.15) is 30.0 Å². The summed E-state index contributed by atoms with van der Waals surface area (Å²) >= 11 is 3.45. The molecule has 96 valence electrons. The first-order chi connectivity index (χ1) is 8.61. The molecule has 1 aromatic heterocycles. The highest BCUT2D eigenvalue weighted by Crippen LogP contribution is 2.23. The van der Waals surface area contributed by atoms with Crippen LogP contribution >= 0.6 is 15.9 Å². The fourth-order valence-corrected chi connectivity index (χ4v) is 2.12. The van der Waals surface area contributed by atoms with E-state index in [9.17, 15) is 5.11 Å². The van der Waals surface area contributed by atoms with Gasteiger partial charge in [-0.05, 0) is 31.0 Å². The molecule has 2 rings (SSSR count). The number of benzene rings is 1. The molecule has 18 heavy (non-hydrogen) atoms. The lowest BCUT2D eigenvalue weighted by Crippen LogP contribution is -2.09. The molecule has 0 radical (unpaired) electrons. The molecule has 0 fully saturated rings. The summed E-state index contributed by atoms with van der Waals surface area (Å²) in [5.41, 5.74) is 2.02. The van der Waals surface area contributed by atoms with Gasteiger partial charge >= 0.3 is 0 Å². The Bertz CT molecular complexity index is 539. The third-order valence-electron chi connectivity index (χ3n) is 2.94. The predicted octanol–water partition coefficient (Wildman–Crippen LogP) is 2.65. The van der Waals surface area contributed by atoms with Gasteiger partial charge in [-0.3, -0.25) is 4.68 Å². The molecule has 4 nitrogen and oxygen atoms in total. The van der Waals surface area contributed by atoms with Crippen molar-refractivity contribution in [3.63, 3.8) is 0 Å². The Morgan fingerprint density at radius 2 is 2.22 bits per heavy atom. The van der Waals surface area contributed by atoms with Crippen LogP contribution in [0.15, 0.2) is 29.0 Å². The summed E-state index contributed by atoms with van der Waals surface area (Å²) in [5.74, 6) is 0.811. The van der Waals surface area contributed by atoms with Crippen molar-refractivity contribution in [1.82, 2.24) is 14.8 Å². The van der Waals surface area contributed by atoms with Crippen LogP contribution in [-0.2, 0) is 13.0 Å². The summed E-state index contributed by atoms with van der Waals surface area (Å²) in [6.07, 6.45) is 1.46. The van der Waals surface area contributed by atoms with Crippen LogP contribution < -0.4 is 0 Å². The van der Waals surface area contributed by atoms with Crippen LogP contribution in [0.25, 0.3) is 0 Å². The highest BCUT2D eigenvalue weighted by atomic mass is 79.9. The maximum Gasteiger partial charge on any atom is 0.138 e. The average Bonchev–Trinajstić information content (AvgIpc) is 2.79. The summed E-state index contributed by atoms with van der Waals surface area (Å²) < 4.78 is 2.85. The van der Waals surface area contributed by atoms with E-state index in [0.717, 1.165) is 28.0 Å². The molecular formula is C13H16BrN3O. The zero-order valence-electron chi connectivity index (χ0n) is 10.5. The van der Waals surface area contributed by atoms with E-state index in [1.54, 1.807) is 4.68 Å². The molecule has 0 aliphatic heterocycles. The molecule has 0 bridgehead atoms. The zero-order valence-corrected chi connectivity index (χ0v) is 12.1. The lowest BCUT2D eigenvalue weighted by molar-refractivity contribution is 0.174. The molecule has 0 aliphatic rings. The van der Waals surface area contributed by atoms with E-state index >= 15 is 0 Å². The topological polar surface area (TPSA) is 50.9 Å². The minimum Gasteiger partial charge on any atom is -0.388 e. The van der Waals surface area contributed by atoms with Crippen LogP contribution in [-0.4, -0.2) is 19.9 Å². The number of aliphatic hydroxyl groups excluding tert-OH is 1. The van der Waals surface area contributed by atoms with E-state index in [1.165, 1.54) is 6.33 Å². The largest absolute Gasteiger partial charge is 0.388 e. The fourth-order valence-electron chi connectivity index (χ4n) is 1.88. The third kappa shape index (κ3) is 2.79. The molecule has 1 atom stereocenters. The quantitative estimate of drug-likeness (QED) is 0.944. The highest BCUT2D eigenvalue weighted by Gasteiger charge is 2.13. The van der Waals surface area contributed by atoms with Gasteiger partial charge in [0.15, 0.2) is 0 Å². The van der Waals surface area contributed by atoms with Gasteiger partial charge < -0.3 is 5.11 Å². The minimum absolute atomic E-state index is 0.481. The normalized spacial score (nSPS) is 12.7. The first-order valence-electron chi connectivity index (χ1n) is 5.92. The van der Waals surface area contributed by atoms with Crippen molar-refractivity contribution in [2.24, 2.45) is 0 Å². The van der Waals surface area contributed by atoms with Crippen molar-refractivity contribution in [2.75, 3.05) is 0 Å². The van der Waals surface area contributed by atoms with E-state index in [1.807, 2.05) is 32.0 Å². The molecule has 0 spiro atoms. The Kier molecular flexibility index (Phi) is 4.14. The van der Waals surface area contributed by atoms with Gasteiger partial charge in [-0.2, -0.15) is 5.10 Å². The third-order valence-corrected chi connectivity index (χ3v) is 3.83. The first-order valence-corrected chi connectivity index (χ1v) is 6.72. The lowest BCUT2D eigenvalue weighted by atomic mass is 10.0. The number of aryl methyl sites for hydroxylation is 2. The summed E-state index contributed by atoms with van der Waals surface area (Å²) in [6.45, 7) is 4.78. The number of hydrogen-bond acceptors (Lipinski definition) is 3. The first kappa shape index (κ1) is 13.2. The van der Waals surface area contributed by atoms with Crippen molar-refractivity contribution in [3.05, 3.63) is 46.0 Å². The van der Waals surface area contributed by atoms with Gasteiger partial charge in [0.2, 0.25) is 0 Å². The van der Waals surface area contributed by atoms with E-state index in [2.05, 4.69) is 26.0 Å². The van der Waals surface area contributed by atoms with E-state index in [4.69, 9.17) is 0 Å². The molecule has 5 heteroatoms. The molecule has 0 aliphatic carbocycles. The Labute approximate surface area is 115 Å². The lowest BCUT2D eigenvalue weighted by Gasteiger charge is -2.12. The number of aliphatic hydroxyl groups is 1. The predicted molar refractivity (Wildman–Crippen MR) is 73.2 cm³/mol. The summed E-state index contributed by atoms with van der Waals surface area (Å²) in [5, 5.41) is 14.3. The minimum atomic E-state index is -0.550. The van der Waals surface area contributed by atoms with Crippen molar-refractivity contribution < 1.29 is 5.11 Å². The summed E-state index contributed by atoms with van der Waals surface area (Å²) in [4.78, 5) is 4.18. The number of aromatic nitrogens is 3. The molecule has 0 saturated heterocycles. The second-order valence-corrected chi connectivity index (χ2v) is 5.07. The molecule has 1 N–H and O–H groups in total. The van der Waals surface area contributed by atoms with E-state index in [-0.39, 0.29) is 0 Å². The van der Waals surface area contributed by atoms with E-state index < -0.39 is 6.10 Å². The van der Waals surface area contributed by atoms with Gasteiger partial charge in [0.05, 0.1) is 6.10 Å². The molecule has 1 heterocycles. The van der Waals surface area contributed by atoms with Gasteiger partial charge in [0, 0.05) is 17.4 Å². The monoisotopic (exact) mass is 309 g/mol. The Hall–Kier alpha value is -1.20. The molecule has 1 unspecified atom stereocenters. The Balaban J connectivity index is 2.16. The fraction of sp³-hybridized carbons (Fsp3) is 0.385. The maximum absolute atomic E-state index is 10.2. The van der Waals surface area contributed by atoms with Crippen molar-refractivity contribution >= 4 is 15.9 Å². The van der Waals surface area contributed by atoms with Gasteiger partial charge in [-0.25, -0.2) is 4.98 Å². The van der Waals surface area contributed by atoms with E-state index in [0.29, 0.717) is 6.42 Å². The number of halogens is 1. The highest BCUT2D eigenvalue weighted by molar-refractivity contribution is 9.10. The van der Waals surface area contributed by atoms with Gasteiger partial charge in [0.1, 0.15) is 12.2 Å². The molecule has 2 aromatic rings. The summed E-state index contributed by atoms with van der Waals surface area (Å²) in [6, 6.07) is 5.87. The molecule has 1 aromatic carbocycles. The zero-order chi connectivity index (χ0) is 13.1. The second kappa shape index (κ2) is 5.63. The molecule has 0 amide bonds. The Morgan fingerprint density at radius 3 is 2.89 bits per heavy atom. The SMILES string of the molecule is CCn1ncnc1CC(O)c1ccc(Br)c(C)c1. The van der Waals surface area contributed by atoms with Crippen molar-refractivity contribution in [3.8, 4) is 0 Å². The van der Waals surface area contributed by atoms with Gasteiger partial charge in [0.25, 0.3) is 0 Å². The number of hydrogen-bond donors (Lipinski definition) is 1. The second-order valence-electron chi connectivity index (χ2n) is 4.22. The number of nitrogens with zero attached hydrogens (tertiary/aromatic N) is 3. The van der Waals surface area contributed by atoms with Crippen LogP contribution in [0.5, 0.6) is 0 Å². The summed E-state index contributed by atoms with van der Waals surface area (Å²) in [7, 11) is 0. The van der Waals surface area contributed by atoms with Crippen molar-refractivity contribution in [1.29, 1.82) is 0 Å².